The minimum Gasteiger partial charge on any atom is -0.385 e. The van der Waals surface area contributed by atoms with Crippen LogP contribution in [-0.2, 0) is 7.05 Å². The van der Waals surface area contributed by atoms with Crippen LogP contribution in [0.5, 0.6) is 0 Å². The second-order valence-electron chi connectivity index (χ2n) is 4.30. The Morgan fingerprint density at radius 3 is 2.80 bits per heavy atom. The number of nitrogens with two attached hydrogens (primary N) is 1. The molecule has 0 fully saturated rings. The van der Waals surface area contributed by atoms with Gasteiger partial charge in [-0.15, -0.1) is 10.2 Å². The van der Waals surface area contributed by atoms with Gasteiger partial charge in [0.05, 0.1) is 0 Å². The van der Waals surface area contributed by atoms with Crippen LogP contribution in [-0.4, -0.2) is 20.4 Å². The number of nitrogens with zero attached hydrogens (tertiary/aromatic N) is 4. The Hall–Kier alpha value is -2.96. The minimum atomic E-state index is -0.505. The molecule has 100 valence electrons. The second-order valence-corrected chi connectivity index (χ2v) is 4.30. The van der Waals surface area contributed by atoms with Crippen LogP contribution in [0, 0.1) is 0 Å². The monoisotopic (exact) mass is 268 g/mol. The second kappa shape index (κ2) is 4.61. The number of rotatable bonds is 2. The molecule has 7 heteroatoms. The van der Waals surface area contributed by atoms with E-state index >= 15 is 0 Å². The molecule has 1 aromatic carbocycles. The van der Waals surface area contributed by atoms with Crippen molar-refractivity contribution in [1.29, 1.82) is 0 Å². The fourth-order valence-corrected chi connectivity index (χ4v) is 1.98. The fraction of sp³-hybridized carbons (Fsp3) is 0.0769. The molecule has 0 spiro atoms. The van der Waals surface area contributed by atoms with Crippen molar-refractivity contribution in [2.75, 3.05) is 5.73 Å². The fourth-order valence-electron chi connectivity index (χ4n) is 1.98. The van der Waals surface area contributed by atoms with Crippen LogP contribution in [0.15, 0.2) is 46.9 Å². The summed E-state index contributed by atoms with van der Waals surface area (Å²) in [6.07, 6.45) is 3.20. The first-order valence-electron chi connectivity index (χ1n) is 5.96. The van der Waals surface area contributed by atoms with Gasteiger partial charge in [-0.3, -0.25) is 4.79 Å². The smallest absolute Gasteiger partial charge is 0.331 e. The highest BCUT2D eigenvalue weighted by Crippen LogP contribution is 2.30. The maximum atomic E-state index is 11.9. The lowest BCUT2D eigenvalue weighted by Gasteiger charge is -1.94. The minimum absolute atomic E-state index is 0.234. The maximum Gasteiger partial charge on any atom is 0.331 e. The number of aryl methyl sites for hydroxylation is 1. The number of H-pyrrole nitrogens is 1. The summed E-state index contributed by atoms with van der Waals surface area (Å²) in [5.41, 5.74) is 5.84. The number of benzene rings is 1. The van der Waals surface area contributed by atoms with Crippen molar-refractivity contribution in [2.24, 2.45) is 17.3 Å². The molecule has 2 heterocycles. The molecule has 0 aliphatic heterocycles. The zero-order valence-electron chi connectivity index (χ0n) is 10.7. The average Bonchev–Trinajstić information content (AvgIpc) is 3.01. The molecule has 0 unspecified atom stereocenters. The molecule has 0 saturated heterocycles. The van der Waals surface area contributed by atoms with Gasteiger partial charge in [-0.2, -0.15) is 0 Å². The summed E-state index contributed by atoms with van der Waals surface area (Å²) in [5, 5.41) is 9.29. The lowest BCUT2D eigenvalue weighted by Crippen LogP contribution is -2.03. The van der Waals surface area contributed by atoms with Crippen LogP contribution in [0.2, 0.25) is 0 Å². The molecule has 0 saturated carbocycles. The Balaban J connectivity index is 1.96. The molecule has 7 nitrogen and oxygen atoms in total. The highest BCUT2D eigenvalue weighted by molar-refractivity contribution is 6.00. The van der Waals surface area contributed by atoms with Gasteiger partial charge in [-0.25, -0.2) is 4.98 Å². The molecular formula is C13H12N6O. The van der Waals surface area contributed by atoms with Crippen LogP contribution >= 0.6 is 0 Å². The lowest BCUT2D eigenvalue weighted by atomic mass is 10.2. The summed E-state index contributed by atoms with van der Waals surface area (Å²) >= 11 is 0. The number of anilines is 1. The number of aromatic amines is 1. The first-order chi connectivity index (χ1) is 9.66. The molecule has 2 aromatic heterocycles. The predicted octanol–water partition coefficient (Wildman–Crippen LogP) is 2.41. The van der Waals surface area contributed by atoms with E-state index in [-0.39, 0.29) is 5.82 Å². The van der Waals surface area contributed by atoms with Crippen LogP contribution in [0.3, 0.4) is 0 Å². The molecule has 3 aromatic rings. The van der Waals surface area contributed by atoms with Crippen LogP contribution in [0.1, 0.15) is 10.6 Å². The first kappa shape index (κ1) is 12.1. The zero-order valence-corrected chi connectivity index (χ0v) is 10.7. The van der Waals surface area contributed by atoms with E-state index < -0.39 is 5.91 Å². The molecule has 0 atom stereocenters. The third kappa shape index (κ3) is 1.95. The number of nitrogen functional groups attached to an aromatic ring is 1. The molecular weight excluding hydrogens is 256 g/mol. The molecule has 3 N–H and O–H groups in total. The number of carbonyl (C=O) groups excluding carboxylic acids is 1. The third-order valence-corrected chi connectivity index (χ3v) is 2.98. The van der Waals surface area contributed by atoms with Gasteiger partial charge < -0.3 is 15.3 Å². The molecule has 0 aliphatic carbocycles. The van der Waals surface area contributed by atoms with E-state index in [1.807, 2.05) is 24.3 Å². The lowest BCUT2D eigenvalue weighted by molar-refractivity contribution is 0.0982. The summed E-state index contributed by atoms with van der Waals surface area (Å²) in [6.45, 7) is 0. The number of imidazole rings is 1. The summed E-state index contributed by atoms with van der Waals surface area (Å²) in [6, 6.07) is 7.49. The number of azo groups is 1. The Kier molecular flexibility index (Phi) is 2.79. The Morgan fingerprint density at radius 1 is 1.35 bits per heavy atom. The van der Waals surface area contributed by atoms with Gasteiger partial charge in [0.15, 0.2) is 5.82 Å². The summed E-state index contributed by atoms with van der Waals surface area (Å²) in [4.78, 5) is 18.7. The quantitative estimate of drug-likeness (QED) is 0.697. The predicted molar refractivity (Wildman–Crippen MR) is 74.8 cm³/mol. The van der Waals surface area contributed by atoms with Gasteiger partial charge in [0, 0.05) is 30.2 Å². The van der Waals surface area contributed by atoms with Crippen molar-refractivity contribution >= 4 is 28.3 Å². The van der Waals surface area contributed by atoms with Gasteiger partial charge in [0.25, 0.3) is 0 Å². The highest BCUT2D eigenvalue weighted by Gasteiger charge is 2.11. The normalized spacial score (nSPS) is 11.4. The third-order valence-electron chi connectivity index (χ3n) is 2.98. The molecule has 0 radical (unpaired) electrons. The van der Waals surface area contributed by atoms with Crippen molar-refractivity contribution in [3.63, 3.8) is 0 Å². The van der Waals surface area contributed by atoms with E-state index in [9.17, 15) is 4.79 Å². The van der Waals surface area contributed by atoms with E-state index in [0.717, 1.165) is 10.8 Å². The first-order valence-corrected chi connectivity index (χ1v) is 5.96. The molecule has 3 rings (SSSR count). The molecule has 0 aliphatic rings. The van der Waals surface area contributed by atoms with Crippen molar-refractivity contribution in [2.45, 2.75) is 0 Å². The van der Waals surface area contributed by atoms with Crippen LogP contribution in [0.25, 0.3) is 10.8 Å². The Morgan fingerprint density at radius 2 is 2.10 bits per heavy atom. The van der Waals surface area contributed by atoms with Crippen molar-refractivity contribution in [3.8, 4) is 0 Å². The highest BCUT2D eigenvalue weighted by atomic mass is 16.2. The molecule has 20 heavy (non-hydrogen) atoms. The molecule has 1 amide bonds. The number of fused-ring (bicyclic) bond motifs is 1. The van der Waals surface area contributed by atoms with Gasteiger partial charge in [-0.05, 0) is 0 Å². The SMILES string of the molecule is Cn1ccnc1C(=O)N=Nc1[nH]c(N)c2ccccc12. The standard InChI is InChI=1S/C13H12N6O/c1-19-7-6-15-12(19)13(20)18-17-11-9-5-3-2-4-8(9)10(14)16-11/h2-7,16H,14H2,1H3. The van der Waals surface area contributed by atoms with E-state index in [0.29, 0.717) is 11.6 Å². The van der Waals surface area contributed by atoms with Crippen molar-refractivity contribution in [3.05, 3.63) is 42.5 Å². The summed E-state index contributed by atoms with van der Waals surface area (Å²) in [5.74, 6) is 0.687. The largest absolute Gasteiger partial charge is 0.385 e. The van der Waals surface area contributed by atoms with Gasteiger partial charge in [0.1, 0.15) is 5.82 Å². The van der Waals surface area contributed by atoms with Crippen molar-refractivity contribution in [1.82, 2.24) is 14.5 Å². The van der Waals surface area contributed by atoms with Gasteiger partial charge in [0.2, 0.25) is 5.82 Å². The van der Waals surface area contributed by atoms with Crippen LogP contribution < -0.4 is 5.73 Å². The van der Waals surface area contributed by atoms with E-state index in [1.165, 1.54) is 6.20 Å². The topological polar surface area (TPSA) is 101 Å². The summed E-state index contributed by atoms with van der Waals surface area (Å²) in [7, 11) is 1.72. The maximum absolute atomic E-state index is 11.9. The van der Waals surface area contributed by atoms with E-state index in [4.69, 9.17) is 5.73 Å². The number of aromatic nitrogens is 3. The van der Waals surface area contributed by atoms with Gasteiger partial charge in [-0.1, -0.05) is 24.3 Å². The van der Waals surface area contributed by atoms with Crippen LogP contribution in [0.4, 0.5) is 11.6 Å². The number of nitrogens with one attached hydrogen (secondary N) is 1. The average molecular weight is 268 g/mol. The van der Waals surface area contributed by atoms with E-state index in [2.05, 4.69) is 20.2 Å². The Bertz CT molecular complexity index is 813. The number of hydrogen-bond acceptors (Lipinski definition) is 4. The van der Waals surface area contributed by atoms with Crippen molar-refractivity contribution < 1.29 is 4.79 Å². The Labute approximate surface area is 114 Å². The molecule has 0 bridgehead atoms. The number of carbonyl (C=O) groups is 1. The zero-order chi connectivity index (χ0) is 14.1. The number of amides is 1. The number of hydrogen-bond donors (Lipinski definition) is 2. The van der Waals surface area contributed by atoms with Gasteiger partial charge >= 0.3 is 5.91 Å². The van der Waals surface area contributed by atoms with E-state index in [1.54, 1.807) is 17.8 Å². The summed E-state index contributed by atoms with van der Waals surface area (Å²) < 4.78 is 1.59.